The molecule has 1 aromatic heterocycles. The predicted molar refractivity (Wildman–Crippen MR) is 86.4 cm³/mol. The van der Waals surface area contributed by atoms with Gasteiger partial charge in [0, 0.05) is 18.3 Å². The fourth-order valence-corrected chi connectivity index (χ4v) is 2.86. The highest BCUT2D eigenvalue weighted by molar-refractivity contribution is 6.21. The summed E-state index contributed by atoms with van der Waals surface area (Å²) in [5.74, 6) is 0.253. The van der Waals surface area contributed by atoms with Crippen LogP contribution in [0.1, 0.15) is 55.7 Å². The van der Waals surface area contributed by atoms with Crippen LogP contribution in [-0.4, -0.2) is 4.98 Å². The smallest absolute Gasteiger partial charge is 0.0654 e. The number of nitrogens with zero attached hydrogens (tertiary/aromatic N) is 1. The van der Waals surface area contributed by atoms with Crippen molar-refractivity contribution in [1.29, 1.82) is 0 Å². The molecule has 2 heteroatoms. The summed E-state index contributed by atoms with van der Waals surface area (Å²) in [5.41, 5.74) is 3.87. The molecule has 0 aliphatic rings. The van der Waals surface area contributed by atoms with E-state index in [2.05, 4.69) is 56.9 Å². The fourth-order valence-electron chi connectivity index (χ4n) is 2.53. The standard InChI is InChI=1S/C18H22ClN/c1-13(14-9-11-20-12-10-14)17(19)15-7-5-6-8-16(15)18(2,3)4/h5-13,17H,1-4H3. The van der Waals surface area contributed by atoms with Gasteiger partial charge < -0.3 is 0 Å². The van der Waals surface area contributed by atoms with E-state index in [-0.39, 0.29) is 16.7 Å². The average molecular weight is 288 g/mol. The zero-order chi connectivity index (χ0) is 14.8. The molecule has 2 aromatic rings. The molecule has 1 heterocycles. The predicted octanol–water partition coefficient (Wildman–Crippen LogP) is 5.46. The highest BCUT2D eigenvalue weighted by atomic mass is 35.5. The zero-order valence-electron chi connectivity index (χ0n) is 12.6. The van der Waals surface area contributed by atoms with Crippen molar-refractivity contribution >= 4 is 11.6 Å². The van der Waals surface area contributed by atoms with Crippen LogP contribution in [0, 0.1) is 0 Å². The molecule has 0 bridgehead atoms. The first-order valence-electron chi connectivity index (χ1n) is 7.04. The molecule has 2 unspecified atom stereocenters. The molecular weight excluding hydrogens is 266 g/mol. The number of benzene rings is 1. The number of halogens is 1. The van der Waals surface area contributed by atoms with E-state index in [0.717, 1.165) is 0 Å². The Morgan fingerprint density at radius 3 is 2.20 bits per heavy atom. The lowest BCUT2D eigenvalue weighted by atomic mass is 9.80. The summed E-state index contributed by atoms with van der Waals surface area (Å²) in [6, 6.07) is 12.6. The summed E-state index contributed by atoms with van der Waals surface area (Å²) in [4.78, 5) is 4.07. The second-order valence-electron chi connectivity index (χ2n) is 6.31. The van der Waals surface area contributed by atoms with Crippen molar-refractivity contribution in [3.63, 3.8) is 0 Å². The van der Waals surface area contributed by atoms with Crippen molar-refractivity contribution in [2.24, 2.45) is 0 Å². The van der Waals surface area contributed by atoms with Crippen LogP contribution < -0.4 is 0 Å². The van der Waals surface area contributed by atoms with Gasteiger partial charge in [-0.25, -0.2) is 0 Å². The van der Waals surface area contributed by atoms with Crippen LogP contribution in [0.3, 0.4) is 0 Å². The van der Waals surface area contributed by atoms with Crippen LogP contribution >= 0.6 is 11.6 Å². The zero-order valence-corrected chi connectivity index (χ0v) is 13.4. The molecule has 0 aliphatic heterocycles. The topological polar surface area (TPSA) is 12.9 Å². The number of rotatable bonds is 3. The summed E-state index contributed by atoms with van der Waals surface area (Å²) >= 11 is 6.78. The lowest BCUT2D eigenvalue weighted by Crippen LogP contribution is -2.16. The second kappa shape index (κ2) is 5.97. The van der Waals surface area contributed by atoms with Gasteiger partial charge in [0.05, 0.1) is 5.38 Å². The van der Waals surface area contributed by atoms with Crippen molar-refractivity contribution < 1.29 is 0 Å². The second-order valence-corrected chi connectivity index (χ2v) is 6.78. The summed E-state index contributed by atoms with van der Waals surface area (Å²) < 4.78 is 0. The van der Waals surface area contributed by atoms with E-state index < -0.39 is 0 Å². The molecule has 1 aromatic carbocycles. The number of alkyl halides is 1. The quantitative estimate of drug-likeness (QED) is 0.683. The number of hydrogen-bond donors (Lipinski definition) is 0. The van der Waals surface area contributed by atoms with E-state index in [1.54, 1.807) is 0 Å². The largest absolute Gasteiger partial charge is 0.265 e. The number of pyridine rings is 1. The molecule has 0 aliphatic carbocycles. The molecule has 106 valence electrons. The minimum Gasteiger partial charge on any atom is -0.265 e. The van der Waals surface area contributed by atoms with Gasteiger partial charge in [-0.05, 0) is 34.2 Å². The molecule has 1 nitrogen and oxygen atoms in total. The summed E-state index contributed by atoms with van der Waals surface area (Å²) in [7, 11) is 0. The van der Waals surface area contributed by atoms with Crippen LogP contribution in [0.5, 0.6) is 0 Å². The molecule has 0 saturated heterocycles. The Labute approximate surface area is 127 Å². The summed E-state index contributed by atoms with van der Waals surface area (Å²) in [6.45, 7) is 8.86. The van der Waals surface area contributed by atoms with Crippen molar-refractivity contribution in [3.05, 3.63) is 65.5 Å². The minimum atomic E-state index is -0.0344. The Hall–Kier alpha value is -1.34. The molecule has 0 fully saturated rings. The van der Waals surface area contributed by atoms with Gasteiger partial charge in [0.1, 0.15) is 0 Å². The first-order chi connectivity index (χ1) is 9.41. The van der Waals surface area contributed by atoms with Crippen molar-refractivity contribution in [2.45, 2.75) is 44.4 Å². The Bertz CT molecular complexity index is 557. The molecular formula is C18H22ClN. The van der Waals surface area contributed by atoms with Crippen LogP contribution in [0.4, 0.5) is 0 Å². The highest BCUT2D eigenvalue weighted by Gasteiger charge is 2.25. The van der Waals surface area contributed by atoms with Crippen LogP contribution in [0.15, 0.2) is 48.8 Å². The SMILES string of the molecule is CC(c1ccncc1)C(Cl)c1ccccc1C(C)(C)C. The third-order valence-electron chi connectivity index (χ3n) is 3.74. The van der Waals surface area contributed by atoms with Gasteiger partial charge in [-0.3, -0.25) is 4.98 Å². The monoisotopic (exact) mass is 287 g/mol. The number of aromatic nitrogens is 1. The van der Waals surface area contributed by atoms with Gasteiger partial charge >= 0.3 is 0 Å². The van der Waals surface area contributed by atoms with Crippen LogP contribution in [0.25, 0.3) is 0 Å². The van der Waals surface area contributed by atoms with Gasteiger partial charge in [-0.1, -0.05) is 52.0 Å². The summed E-state index contributed by atoms with van der Waals surface area (Å²) in [5, 5.41) is -0.0344. The third-order valence-corrected chi connectivity index (χ3v) is 4.35. The fraction of sp³-hybridized carbons (Fsp3) is 0.389. The average Bonchev–Trinajstić information content (AvgIpc) is 2.46. The maximum atomic E-state index is 6.78. The normalized spacial score (nSPS) is 14.8. The van der Waals surface area contributed by atoms with E-state index in [9.17, 15) is 0 Å². The van der Waals surface area contributed by atoms with Gasteiger partial charge in [0.25, 0.3) is 0 Å². The van der Waals surface area contributed by atoms with Gasteiger partial charge in [-0.2, -0.15) is 0 Å². The first kappa shape index (κ1) is 15.1. The molecule has 2 atom stereocenters. The molecule has 2 rings (SSSR count). The van der Waals surface area contributed by atoms with Crippen molar-refractivity contribution in [1.82, 2.24) is 4.98 Å². The van der Waals surface area contributed by atoms with E-state index in [1.807, 2.05) is 24.5 Å². The molecule has 0 N–H and O–H groups in total. The van der Waals surface area contributed by atoms with Gasteiger partial charge in [0.2, 0.25) is 0 Å². The Morgan fingerprint density at radius 1 is 1.00 bits per heavy atom. The van der Waals surface area contributed by atoms with E-state index in [1.165, 1.54) is 16.7 Å². The lowest BCUT2D eigenvalue weighted by molar-refractivity contribution is 0.575. The molecule has 0 spiro atoms. The van der Waals surface area contributed by atoms with Crippen LogP contribution in [-0.2, 0) is 5.41 Å². The summed E-state index contributed by atoms with van der Waals surface area (Å²) in [6.07, 6.45) is 3.65. The molecule has 0 radical (unpaired) electrons. The molecule has 20 heavy (non-hydrogen) atoms. The highest BCUT2D eigenvalue weighted by Crippen LogP contribution is 2.40. The van der Waals surface area contributed by atoms with Gasteiger partial charge in [0.15, 0.2) is 0 Å². The van der Waals surface area contributed by atoms with Crippen molar-refractivity contribution in [3.8, 4) is 0 Å². The minimum absolute atomic E-state index is 0.0344. The Kier molecular flexibility index (Phi) is 4.49. The Morgan fingerprint density at radius 2 is 1.60 bits per heavy atom. The van der Waals surface area contributed by atoms with Crippen molar-refractivity contribution in [2.75, 3.05) is 0 Å². The maximum absolute atomic E-state index is 6.78. The number of hydrogen-bond acceptors (Lipinski definition) is 1. The van der Waals surface area contributed by atoms with E-state index in [4.69, 9.17) is 11.6 Å². The van der Waals surface area contributed by atoms with E-state index >= 15 is 0 Å². The first-order valence-corrected chi connectivity index (χ1v) is 7.48. The Balaban J connectivity index is 2.37. The van der Waals surface area contributed by atoms with Crippen LogP contribution in [0.2, 0.25) is 0 Å². The van der Waals surface area contributed by atoms with Gasteiger partial charge in [-0.15, -0.1) is 11.6 Å². The molecule has 0 amide bonds. The third kappa shape index (κ3) is 3.21. The van der Waals surface area contributed by atoms with E-state index in [0.29, 0.717) is 0 Å². The molecule has 0 saturated carbocycles. The lowest BCUT2D eigenvalue weighted by Gasteiger charge is -2.27. The maximum Gasteiger partial charge on any atom is 0.0654 e.